The van der Waals surface area contributed by atoms with Crippen molar-refractivity contribution in [2.24, 2.45) is 0 Å². The molecule has 2 aromatic carbocycles. The molecule has 172 valence electrons. The van der Waals surface area contributed by atoms with Crippen molar-refractivity contribution in [1.29, 1.82) is 0 Å². The zero-order chi connectivity index (χ0) is 25.4. The molecule has 0 unspecified atom stereocenters. The van der Waals surface area contributed by atoms with Crippen molar-refractivity contribution in [2.45, 2.75) is 23.6 Å². The summed E-state index contributed by atoms with van der Waals surface area (Å²) < 4.78 is 0. The lowest BCUT2D eigenvalue weighted by molar-refractivity contribution is -0.408. The lowest BCUT2D eigenvalue weighted by atomic mass is 10.1. The Morgan fingerprint density at radius 1 is 0.515 bits per heavy atom. The van der Waals surface area contributed by atoms with Crippen molar-refractivity contribution in [1.82, 2.24) is 0 Å². The highest BCUT2D eigenvalue weighted by molar-refractivity contribution is 8.00. The smallest absolute Gasteiger partial charge is 0.258 e. The molecular weight excluding hydrogens is 476 g/mol. The molecule has 18 nitrogen and oxygen atoms in total. The van der Waals surface area contributed by atoms with E-state index in [0.717, 1.165) is 13.8 Å². The van der Waals surface area contributed by atoms with Gasteiger partial charge in [0.1, 0.15) is 11.1 Å². The van der Waals surface area contributed by atoms with Crippen LogP contribution in [0.25, 0.3) is 0 Å². The van der Waals surface area contributed by atoms with Gasteiger partial charge in [-0.3, -0.25) is 60.7 Å². The van der Waals surface area contributed by atoms with Crippen LogP contribution >= 0.6 is 11.8 Å². The lowest BCUT2D eigenvalue weighted by Crippen LogP contribution is -2.06. The third-order valence-electron chi connectivity index (χ3n) is 4.28. The van der Waals surface area contributed by atoms with Gasteiger partial charge in [-0.2, -0.15) is 0 Å². The lowest BCUT2D eigenvalue weighted by Gasteiger charge is -2.09. The van der Waals surface area contributed by atoms with Gasteiger partial charge >= 0.3 is 0 Å². The average Bonchev–Trinajstić information content (AvgIpc) is 2.66. The second kappa shape index (κ2) is 8.74. The highest BCUT2D eigenvalue weighted by Crippen LogP contribution is 2.52. The summed E-state index contributed by atoms with van der Waals surface area (Å²) in [6.07, 6.45) is 0. The van der Waals surface area contributed by atoms with E-state index in [0.29, 0.717) is 12.1 Å². The largest absolute Gasteiger partial charge is 0.300 e. The van der Waals surface area contributed by atoms with Gasteiger partial charge in [0.05, 0.1) is 41.7 Å². The number of nitrogens with zero attached hydrogens (tertiary/aromatic N) is 6. The molecule has 0 bridgehead atoms. The molecular formula is C14H8N6O12S. The van der Waals surface area contributed by atoms with Crippen LogP contribution in [0.1, 0.15) is 11.1 Å². The Labute approximate surface area is 183 Å². The van der Waals surface area contributed by atoms with E-state index >= 15 is 0 Å². The Kier molecular flexibility index (Phi) is 6.48. The van der Waals surface area contributed by atoms with E-state index in [9.17, 15) is 60.7 Å². The van der Waals surface area contributed by atoms with Gasteiger partial charge in [-0.25, -0.2) is 0 Å². The molecule has 19 heteroatoms. The van der Waals surface area contributed by atoms with Crippen LogP contribution < -0.4 is 0 Å². The number of rotatable bonds is 8. The third kappa shape index (κ3) is 4.32. The van der Waals surface area contributed by atoms with Gasteiger partial charge in [0.2, 0.25) is 0 Å². The van der Waals surface area contributed by atoms with Gasteiger partial charge in [0, 0.05) is 0 Å². The molecule has 0 aromatic heterocycles. The summed E-state index contributed by atoms with van der Waals surface area (Å²) in [7, 11) is 0. The number of benzene rings is 2. The van der Waals surface area contributed by atoms with Crippen LogP contribution in [-0.2, 0) is 0 Å². The summed E-state index contributed by atoms with van der Waals surface area (Å²) in [4.78, 5) is 59.6. The average molecular weight is 484 g/mol. The molecule has 0 N–H and O–H groups in total. The first-order valence-electron chi connectivity index (χ1n) is 8.10. The molecule has 0 aliphatic carbocycles. The van der Waals surface area contributed by atoms with Gasteiger partial charge in [0.15, 0.2) is 9.79 Å². The summed E-state index contributed by atoms with van der Waals surface area (Å²) >= 11 is -0.135. The number of nitro groups is 6. The van der Waals surface area contributed by atoms with Crippen LogP contribution in [0.2, 0.25) is 0 Å². The molecule has 0 fully saturated rings. The maximum atomic E-state index is 11.6. The molecule has 2 rings (SSSR count). The predicted octanol–water partition coefficient (Wildman–Crippen LogP) is 3.90. The Morgan fingerprint density at radius 3 is 1.00 bits per heavy atom. The Hall–Kier alpha value is -4.81. The molecule has 0 saturated carbocycles. The van der Waals surface area contributed by atoms with E-state index in [-0.39, 0.29) is 11.8 Å². The molecule has 0 spiro atoms. The van der Waals surface area contributed by atoms with Crippen molar-refractivity contribution in [3.63, 3.8) is 0 Å². The van der Waals surface area contributed by atoms with E-state index < -0.39 is 84.6 Å². The zero-order valence-electron chi connectivity index (χ0n) is 16.1. The van der Waals surface area contributed by atoms with E-state index in [1.807, 2.05) is 0 Å². The third-order valence-corrected chi connectivity index (χ3v) is 5.49. The van der Waals surface area contributed by atoms with E-state index in [2.05, 4.69) is 0 Å². The second-order valence-electron chi connectivity index (χ2n) is 6.08. The first kappa shape index (κ1) is 24.5. The molecule has 0 atom stereocenters. The van der Waals surface area contributed by atoms with Gasteiger partial charge in [-0.15, -0.1) is 0 Å². The predicted molar refractivity (Wildman–Crippen MR) is 106 cm³/mol. The molecule has 0 saturated heterocycles. The van der Waals surface area contributed by atoms with Crippen LogP contribution in [-0.4, -0.2) is 29.5 Å². The van der Waals surface area contributed by atoms with Gasteiger partial charge in [-0.1, -0.05) is 11.8 Å². The van der Waals surface area contributed by atoms with Crippen molar-refractivity contribution in [3.8, 4) is 0 Å². The van der Waals surface area contributed by atoms with Crippen LogP contribution in [0.3, 0.4) is 0 Å². The monoisotopic (exact) mass is 484 g/mol. The first-order valence-corrected chi connectivity index (χ1v) is 8.91. The molecule has 0 aliphatic heterocycles. The molecule has 0 aliphatic rings. The highest BCUT2D eigenvalue weighted by Gasteiger charge is 2.41. The fraction of sp³-hybridized carbons (Fsp3) is 0.143. The molecule has 0 amide bonds. The number of hydrogen-bond donors (Lipinski definition) is 0. The van der Waals surface area contributed by atoms with Crippen LogP contribution in [0.5, 0.6) is 0 Å². The van der Waals surface area contributed by atoms with Crippen LogP contribution in [0.15, 0.2) is 21.9 Å². The zero-order valence-corrected chi connectivity index (χ0v) is 17.0. The minimum atomic E-state index is -1.24. The normalized spacial score (nSPS) is 10.5. The van der Waals surface area contributed by atoms with Crippen molar-refractivity contribution in [3.05, 3.63) is 83.9 Å². The van der Waals surface area contributed by atoms with Gasteiger partial charge in [0.25, 0.3) is 34.1 Å². The van der Waals surface area contributed by atoms with Crippen molar-refractivity contribution in [2.75, 3.05) is 0 Å². The fourth-order valence-corrected chi connectivity index (χ4v) is 4.15. The van der Waals surface area contributed by atoms with E-state index in [1.165, 1.54) is 0 Å². The second-order valence-corrected chi connectivity index (χ2v) is 7.10. The Balaban J connectivity index is 3.07. The maximum absolute atomic E-state index is 11.6. The van der Waals surface area contributed by atoms with Crippen LogP contribution in [0.4, 0.5) is 34.1 Å². The maximum Gasteiger partial charge on any atom is 0.300 e. The molecule has 0 heterocycles. The fourth-order valence-electron chi connectivity index (χ4n) is 2.83. The molecule has 33 heavy (non-hydrogen) atoms. The standard InChI is InChI=1S/C14H8N6O12S/c1-5-7(15(21)22)3-9(17(25)26)13(11(5)19(29)30)33-14-10(18(27)28)4-8(16(23)24)6(2)12(14)20(31)32/h3-4H,1-2H3. The quantitative estimate of drug-likeness (QED) is 0.380. The molecule has 0 radical (unpaired) electrons. The number of nitro benzene ring substituents is 6. The van der Waals surface area contributed by atoms with E-state index in [1.54, 1.807) is 0 Å². The van der Waals surface area contributed by atoms with Crippen molar-refractivity contribution >= 4 is 45.9 Å². The number of hydrogen-bond acceptors (Lipinski definition) is 13. The highest BCUT2D eigenvalue weighted by atomic mass is 32.2. The summed E-state index contributed by atoms with van der Waals surface area (Å²) in [6.45, 7) is 1.79. The first-order chi connectivity index (χ1) is 15.2. The summed E-state index contributed by atoms with van der Waals surface area (Å²) in [5.41, 5.74) is -8.10. The SMILES string of the molecule is Cc1c([N+](=O)[O-])cc([N+](=O)[O-])c(Sc2c([N+](=O)[O-])cc([N+](=O)[O-])c(C)c2[N+](=O)[O-])c1[N+](=O)[O-]. The summed E-state index contributed by atoms with van der Waals surface area (Å²) in [6, 6.07) is 0.751. The Bertz CT molecular complexity index is 1190. The summed E-state index contributed by atoms with van der Waals surface area (Å²) in [5.74, 6) is 0. The minimum absolute atomic E-state index is 0.135. The summed E-state index contributed by atoms with van der Waals surface area (Å²) in [5, 5.41) is 68.6. The topological polar surface area (TPSA) is 259 Å². The van der Waals surface area contributed by atoms with Crippen molar-refractivity contribution < 1.29 is 29.5 Å². The Morgan fingerprint density at radius 2 is 0.788 bits per heavy atom. The van der Waals surface area contributed by atoms with Crippen LogP contribution in [0, 0.1) is 74.5 Å². The van der Waals surface area contributed by atoms with Gasteiger partial charge in [-0.05, 0) is 13.8 Å². The van der Waals surface area contributed by atoms with Gasteiger partial charge < -0.3 is 0 Å². The minimum Gasteiger partial charge on any atom is -0.258 e. The van der Waals surface area contributed by atoms with E-state index in [4.69, 9.17) is 0 Å². The molecule has 2 aromatic rings.